The topological polar surface area (TPSA) is 55.2 Å². The van der Waals surface area contributed by atoms with E-state index in [1.807, 2.05) is 73.7 Å². The largest absolute Gasteiger partial charge is 0.315 e. The Morgan fingerprint density at radius 1 is 0.933 bits per heavy atom. The predicted octanol–water partition coefficient (Wildman–Crippen LogP) is 4.00. The number of aromatic nitrogens is 2. The van der Waals surface area contributed by atoms with Gasteiger partial charge in [0.15, 0.2) is 0 Å². The van der Waals surface area contributed by atoms with Gasteiger partial charge in [-0.3, -0.25) is 14.2 Å². The SMILES string of the molecule is Cc1cccc(-n2c(C[C@@H]3C(=O)N(C)c4ccccc43)nc3ccccc3c2=O)c1. The molecule has 30 heavy (non-hydrogen) atoms. The molecule has 0 saturated carbocycles. The fraction of sp³-hybridized carbons (Fsp3) is 0.160. The van der Waals surface area contributed by atoms with Crippen LogP contribution in [0.4, 0.5) is 5.69 Å². The molecule has 1 aliphatic rings. The summed E-state index contributed by atoms with van der Waals surface area (Å²) in [6, 6.07) is 23.0. The summed E-state index contributed by atoms with van der Waals surface area (Å²) in [4.78, 5) is 33.0. The minimum absolute atomic E-state index is 0.0226. The van der Waals surface area contributed by atoms with Gasteiger partial charge in [-0.15, -0.1) is 0 Å². The maximum atomic E-state index is 13.5. The van der Waals surface area contributed by atoms with Crippen molar-refractivity contribution in [1.82, 2.24) is 9.55 Å². The van der Waals surface area contributed by atoms with Crippen LogP contribution in [-0.4, -0.2) is 22.5 Å². The van der Waals surface area contributed by atoms with Crippen molar-refractivity contribution in [2.75, 3.05) is 11.9 Å². The number of hydrogen-bond donors (Lipinski definition) is 0. The molecule has 1 atom stereocenters. The molecule has 0 saturated heterocycles. The van der Waals surface area contributed by atoms with E-state index in [4.69, 9.17) is 4.98 Å². The zero-order valence-electron chi connectivity index (χ0n) is 16.9. The molecule has 148 valence electrons. The average molecular weight is 395 g/mol. The van der Waals surface area contributed by atoms with Gasteiger partial charge < -0.3 is 4.90 Å². The van der Waals surface area contributed by atoms with Gasteiger partial charge in [0.25, 0.3) is 5.56 Å². The van der Waals surface area contributed by atoms with Crippen LogP contribution in [0.5, 0.6) is 0 Å². The summed E-state index contributed by atoms with van der Waals surface area (Å²) >= 11 is 0. The van der Waals surface area contributed by atoms with Crippen LogP contribution in [-0.2, 0) is 11.2 Å². The molecule has 4 aromatic rings. The number of nitrogens with zero attached hydrogens (tertiary/aromatic N) is 3. The van der Waals surface area contributed by atoms with E-state index in [0.29, 0.717) is 23.1 Å². The molecule has 0 radical (unpaired) electrons. The van der Waals surface area contributed by atoms with E-state index in [1.165, 1.54) is 0 Å². The van der Waals surface area contributed by atoms with Gasteiger partial charge in [-0.2, -0.15) is 0 Å². The lowest BCUT2D eigenvalue weighted by Gasteiger charge is -2.17. The Morgan fingerprint density at radius 2 is 1.70 bits per heavy atom. The van der Waals surface area contributed by atoms with E-state index in [2.05, 4.69) is 0 Å². The molecule has 0 aliphatic carbocycles. The van der Waals surface area contributed by atoms with Crippen molar-refractivity contribution in [2.24, 2.45) is 0 Å². The number of benzene rings is 3. The van der Waals surface area contributed by atoms with Crippen LogP contribution in [0.25, 0.3) is 16.6 Å². The standard InChI is InChI=1S/C25H21N3O2/c1-16-8-7-9-17(14-16)28-23(26-21-12-5-3-11-19(21)25(28)30)15-20-18-10-4-6-13-22(18)27(2)24(20)29/h3-14,20H,15H2,1-2H3/t20-/m0/s1. The van der Waals surface area contributed by atoms with E-state index in [1.54, 1.807) is 22.6 Å². The molecule has 0 bridgehead atoms. The normalized spacial score (nSPS) is 15.6. The molecule has 5 rings (SSSR count). The Morgan fingerprint density at radius 3 is 2.53 bits per heavy atom. The molecular weight excluding hydrogens is 374 g/mol. The van der Waals surface area contributed by atoms with Crippen molar-refractivity contribution in [3.05, 3.63) is 100 Å². The summed E-state index contributed by atoms with van der Waals surface area (Å²) in [5.74, 6) is 0.248. The molecule has 1 aromatic heterocycles. The van der Waals surface area contributed by atoms with Crippen molar-refractivity contribution < 1.29 is 4.79 Å². The second kappa shape index (κ2) is 6.95. The maximum Gasteiger partial charge on any atom is 0.265 e. The van der Waals surface area contributed by atoms with Crippen LogP contribution in [0.1, 0.15) is 22.9 Å². The number of amides is 1. The van der Waals surface area contributed by atoms with Crippen molar-refractivity contribution in [1.29, 1.82) is 0 Å². The number of likely N-dealkylation sites (N-methyl/N-ethyl adjacent to an activating group) is 1. The predicted molar refractivity (Wildman–Crippen MR) is 118 cm³/mol. The number of para-hydroxylation sites is 2. The van der Waals surface area contributed by atoms with E-state index >= 15 is 0 Å². The van der Waals surface area contributed by atoms with Crippen molar-refractivity contribution >= 4 is 22.5 Å². The quantitative estimate of drug-likeness (QED) is 0.527. The third kappa shape index (κ3) is 2.82. The fourth-order valence-corrected chi connectivity index (χ4v) is 4.30. The van der Waals surface area contributed by atoms with Gasteiger partial charge in [0.05, 0.1) is 22.5 Å². The lowest BCUT2D eigenvalue weighted by atomic mass is 9.96. The molecule has 3 aromatic carbocycles. The summed E-state index contributed by atoms with van der Waals surface area (Å²) in [5.41, 5.74) is 4.24. The third-order valence-electron chi connectivity index (χ3n) is 5.79. The highest BCUT2D eigenvalue weighted by atomic mass is 16.2. The van der Waals surface area contributed by atoms with Crippen LogP contribution in [0, 0.1) is 6.92 Å². The molecule has 0 unspecified atom stereocenters. The third-order valence-corrected chi connectivity index (χ3v) is 5.79. The van der Waals surface area contributed by atoms with E-state index in [-0.39, 0.29) is 17.4 Å². The minimum atomic E-state index is -0.365. The lowest BCUT2D eigenvalue weighted by molar-refractivity contribution is -0.119. The molecular formula is C25H21N3O2. The summed E-state index contributed by atoms with van der Waals surface area (Å²) in [5, 5.41) is 0.568. The lowest BCUT2D eigenvalue weighted by Crippen LogP contribution is -2.29. The van der Waals surface area contributed by atoms with Crippen LogP contribution >= 0.6 is 0 Å². The number of aryl methyl sites for hydroxylation is 1. The van der Waals surface area contributed by atoms with E-state index < -0.39 is 0 Å². The Labute approximate surface area is 174 Å². The summed E-state index contributed by atoms with van der Waals surface area (Å²) < 4.78 is 1.66. The van der Waals surface area contributed by atoms with Crippen molar-refractivity contribution in [2.45, 2.75) is 19.3 Å². The van der Waals surface area contributed by atoms with Crippen molar-refractivity contribution in [3.8, 4) is 5.69 Å². The summed E-state index contributed by atoms with van der Waals surface area (Å²) in [6.45, 7) is 1.99. The summed E-state index contributed by atoms with van der Waals surface area (Å²) in [6.07, 6.45) is 0.355. The molecule has 1 aliphatic heterocycles. The molecule has 0 fully saturated rings. The smallest absolute Gasteiger partial charge is 0.265 e. The number of rotatable bonds is 3. The minimum Gasteiger partial charge on any atom is -0.315 e. The van der Waals surface area contributed by atoms with Gasteiger partial charge in [0, 0.05) is 19.2 Å². The van der Waals surface area contributed by atoms with Crippen molar-refractivity contribution in [3.63, 3.8) is 0 Å². The van der Waals surface area contributed by atoms with E-state index in [9.17, 15) is 9.59 Å². The Bertz CT molecular complexity index is 1360. The van der Waals surface area contributed by atoms with Gasteiger partial charge in [-0.1, -0.05) is 42.5 Å². The molecule has 5 nitrogen and oxygen atoms in total. The molecule has 0 N–H and O–H groups in total. The van der Waals surface area contributed by atoms with Gasteiger partial charge >= 0.3 is 0 Å². The maximum absolute atomic E-state index is 13.5. The van der Waals surface area contributed by atoms with Crippen LogP contribution in [0.2, 0.25) is 0 Å². The van der Waals surface area contributed by atoms with Gasteiger partial charge in [0.2, 0.25) is 5.91 Å². The van der Waals surface area contributed by atoms with Crippen LogP contribution in [0.15, 0.2) is 77.6 Å². The summed E-state index contributed by atoms with van der Waals surface area (Å²) in [7, 11) is 1.79. The van der Waals surface area contributed by atoms with Gasteiger partial charge in [0.1, 0.15) is 5.82 Å². The van der Waals surface area contributed by atoms with E-state index in [0.717, 1.165) is 22.5 Å². The Kier molecular flexibility index (Phi) is 4.24. The first kappa shape index (κ1) is 18.3. The highest BCUT2D eigenvalue weighted by Crippen LogP contribution is 2.38. The molecule has 0 spiro atoms. The second-order valence-corrected chi connectivity index (χ2v) is 7.74. The average Bonchev–Trinajstić information content (AvgIpc) is 2.99. The molecule has 5 heteroatoms. The highest BCUT2D eigenvalue weighted by Gasteiger charge is 2.36. The first-order valence-corrected chi connectivity index (χ1v) is 9.99. The fourth-order valence-electron chi connectivity index (χ4n) is 4.30. The number of anilines is 1. The Hall–Kier alpha value is -3.73. The number of hydrogen-bond acceptors (Lipinski definition) is 3. The number of carbonyl (C=O) groups excluding carboxylic acids is 1. The molecule has 2 heterocycles. The van der Waals surface area contributed by atoms with Crippen LogP contribution in [0.3, 0.4) is 0 Å². The monoisotopic (exact) mass is 395 g/mol. The number of carbonyl (C=O) groups is 1. The first-order valence-electron chi connectivity index (χ1n) is 9.99. The van der Waals surface area contributed by atoms with Crippen LogP contribution < -0.4 is 10.5 Å². The van der Waals surface area contributed by atoms with Gasteiger partial charge in [-0.25, -0.2) is 4.98 Å². The second-order valence-electron chi connectivity index (χ2n) is 7.74. The highest BCUT2D eigenvalue weighted by molar-refractivity contribution is 6.04. The number of fused-ring (bicyclic) bond motifs is 2. The zero-order valence-corrected chi connectivity index (χ0v) is 16.9. The van der Waals surface area contributed by atoms with Gasteiger partial charge in [-0.05, 0) is 48.4 Å². The zero-order chi connectivity index (χ0) is 20.8. The Balaban J connectivity index is 1.72. The first-order chi connectivity index (χ1) is 14.5. The molecule has 1 amide bonds.